The Morgan fingerprint density at radius 2 is 1.90 bits per heavy atom. The van der Waals surface area contributed by atoms with Crippen LogP contribution in [0.25, 0.3) is 11.1 Å². The van der Waals surface area contributed by atoms with Gasteiger partial charge in [-0.2, -0.15) is 0 Å². The maximum Gasteiger partial charge on any atom is 0.440 e. The van der Waals surface area contributed by atoms with Crippen LogP contribution in [0.5, 0.6) is 5.75 Å². The molecule has 210 valence electrons. The van der Waals surface area contributed by atoms with E-state index in [1.807, 2.05) is 67.6 Å². The fourth-order valence-corrected chi connectivity index (χ4v) is 4.67. The Morgan fingerprint density at radius 3 is 2.59 bits per heavy atom. The molecule has 0 radical (unpaired) electrons. The van der Waals surface area contributed by atoms with Crippen LogP contribution in [0.4, 0.5) is 0 Å². The van der Waals surface area contributed by atoms with E-state index in [4.69, 9.17) is 14.0 Å². The van der Waals surface area contributed by atoms with Crippen molar-refractivity contribution in [2.45, 2.75) is 26.5 Å². The molecule has 5 rings (SSSR count). The second-order valence-corrected chi connectivity index (χ2v) is 9.88. The molecule has 1 aliphatic rings. The number of aromatic amines is 1. The van der Waals surface area contributed by atoms with Crippen LogP contribution in [0.3, 0.4) is 0 Å². The Morgan fingerprint density at radius 1 is 1.07 bits per heavy atom. The van der Waals surface area contributed by atoms with Crippen molar-refractivity contribution in [3.63, 3.8) is 0 Å². The van der Waals surface area contributed by atoms with E-state index in [1.165, 1.54) is 0 Å². The second kappa shape index (κ2) is 12.4. The fraction of sp³-hybridized carbons (Fsp3) is 0.219. The van der Waals surface area contributed by atoms with Crippen LogP contribution in [0.1, 0.15) is 33.5 Å². The Kier molecular flexibility index (Phi) is 8.34. The number of ether oxygens (including phenoxy) is 2. The number of aromatic nitrogens is 2. The van der Waals surface area contributed by atoms with Gasteiger partial charge in [-0.1, -0.05) is 42.5 Å². The molecule has 0 aliphatic heterocycles. The number of benzene rings is 3. The van der Waals surface area contributed by atoms with Crippen molar-refractivity contribution in [1.82, 2.24) is 15.0 Å². The molecule has 41 heavy (non-hydrogen) atoms. The number of carbonyl (C=O) groups is 1. The van der Waals surface area contributed by atoms with Gasteiger partial charge < -0.3 is 19.3 Å². The summed E-state index contributed by atoms with van der Waals surface area (Å²) in [6.07, 6.45) is 6.87. The quantitative estimate of drug-likeness (QED) is 0.297. The lowest BCUT2D eigenvalue weighted by atomic mass is 9.96. The van der Waals surface area contributed by atoms with Crippen molar-refractivity contribution in [3.05, 3.63) is 134 Å². The van der Waals surface area contributed by atoms with E-state index in [9.17, 15) is 14.4 Å². The third-order valence-electron chi connectivity index (χ3n) is 6.93. The van der Waals surface area contributed by atoms with Crippen molar-refractivity contribution in [2.24, 2.45) is 5.92 Å². The van der Waals surface area contributed by atoms with Gasteiger partial charge in [-0.15, -0.1) is 4.74 Å². The zero-order valence-electron chi connectivity index (χ0n) is 22.9. The van der Waals surface area contributed by atoms with Gasteiger partial charge in [0.15, 0.2) is 0 Å². The maximum atomic E-state index is 12.8. The van der Waals surface area contributed by atoms with Gasteiger partial charge in [0.1, 0.15) is 18.1 Å². The number of carbonyl (C=O) groups excluding carboxylic acids is 1. The number of aryl methyl sites for hydroxylation is 1. The van der Waals surface area contributed by atoms with Gasteiger partial charge in [0.25, 0.3) is 5.91 Å². The minimum Gasteiger partial charge on any atom is -0.497 e. The third kappa shape index (κ3) is 6.94. The van der Waals surface area contributed by atoms with E-state index in [2.05, 4.69) is 22.4 Å². The average molecular weight is 554 g/mol. The minimum atomic E-state index is -0.781. The molecular formula is C32H31N3O6. The molecule has 0 bridgehead atoms. The first kappa shape index (κ1) is 27.5. The number of H-pyrrole nitrogens is 1. The van der Waals surface area contributed by atoms with Crippen LogP contribution < -0.4 is 21.5 Å². The number of methoxy groups -OCH3 is 1. The van der Waals surface area contributed by atoms with Crippen molar-refractivity contribution in [2.75, 3.05) is 13.7 Å². The summed E-state index contributed by atoms with van der Waals surface area (Å²) in [4.78, 5) is 37.6. The topological polar surface area (TPSA) is 116 Å². The number of allylic oxidation sites excluding steroid dienone is 2. The van der Waals surface area contributed by atoms with Gasteiger partial charge in [-0.25, -0.2) is 14.6 Å². The normalized spacial score (nSPS) is 14.4. The van der Waals surface area contributed by atoms with Gasteiger partial charge in [-0.05, 0) is 89.6 Å². The maximum absolute atomic E-state index is 12.8. The highest BCUT2D eigenvalue weighted by Crippen LogP contribution is 2.26. The first-order valence-corrected chi connectivity index (χ1v) is 13.3. The lowest BCUT2D eigenvalue weighted by Gasteiger charge is -2.16. The summed E-state index contributed by atoms with van der Waals surface area (Å²) in [5, 5.41) is 3.04. The molecule has 4 aromatic rings. The van der Waals surface area contributed by atoms with E-state index in [1.54, 1.807) is 19.2 Å². The Balaban J connectivity index is 1.17. The number of hydrogen-bond acceptors (Lipinski definition) is 6. The van der Waals surface area contributed by atoms with Crippen molar-refractivity contribution < 1.29 is 18.8 Å². The zero-order valence-corrected chi connectivity index (χ0v) is 22.9. The molecule has 0 spiro atoms. The van der Waals surface area contributed by atoms with E-state index in [-0.39, 0.29) is 18.4 Å². The highest BCUT2D eigenvalue weighted by atomic mass is 16.5. The van der Waals surface area contributed by atoms with Crippen LogP contribution in [-0.4, -0.2) is 29.3 Å². The molecule has 1 amide bonds. The van der Waals surface area contributed by atoms with Crippen molar-refractivity contribution >= 4 is 5.91 Å². The van der Waals surface area contributed by atoms with Gasteiger partial charge in [-0.3, -0.25) is 4.79 Å². The summed E-state index contributed by atoms with van der Waals surface area (Å²) in [6, 6.07) is 21.1. The zero-order chi connectivity index (χ0) is 28.8. The highest BCUT2D eigenvalue weighted by molar-refractivity contribution is 5.95. The summed E-state index contributed by atoms with van der Waals surface area (Å²) in [5.41, 5.74) is 4.93. The molecule has 0 saturated carbocycles. The van der Waals surface area contributed by atoms with Crippen molar-refractivity contribution in [1.29, 1.82) is 0 Å². The molecule has 1 atom stereocenters. The Bertz CT molecular complexity index is 1710. The molecule has 1 aliphatic carbocycles. The van der Waals surface area contributed by atoms with Gasteiger partial charge in [0, 0.05) is 12.1 Å². The third-order valence-corrected chi connectivity index (χ3v) is 6.93. The fourth-order valence-electron chi connectivity index (χ4n) is 4.67. The van der Waals surface area contributed by atoms with Gasteiger partial charge >= 0.3 is 11.4 Å². The van der Waals surface area contributed by atoms with Crippen molar-refractivity contribution in [3.8, 4) is 16.9 Å². The predicted octanol–water partition coefficient (Wildman–Crippen LogP) is 4.57. The molecular weight excluding hydrogens is 522 g/mol. The summed E-state index contributed by atoms with van der Waals surface area (Å²) < 4.78 is 17.0. The largest absolute Gasteiger partial charge is 0.497 e. The lowest BCUT2D eigenvalue weighted by molar-refractivity contribution is 0.0949. The molecule has 3 aromatic carbocycles. The van der Waals surface area contributed by atoms with E-state index < -0.39 is 11.4 Å². The first-order valence-electron chi connectivity index (χ1n) is 13.3. The van der Waals surface area contributed by atoms with Crippen LogP contribution in [0.15, 0.2) is 105 Å². The lowest BCUT2D eigenvalue weighted by Crippen LogP contribution is -2.29. The number of hydrogen-bond donors (Lipinski definition) is 2. The summed E-state index contributed by atoms with van der Waals surface area (Å²) in [5.74, 6) is 0.905. The van der Waals surface area contributed by atoms with Crippen LogP contribution in [0.2, 0.25) is 0 Å². The standard InChI is InChI=1S/C32H31N3O6/c1-21-16-26(30(36)33-18-22-6-11-27(39-2)12-7-22)10-15-29(21)25-5-3-4-24(17-25)20-40-28-13-8-23(9-14-28)19-35-31(37)34-32(38)41-35/h3-6,8-17,22H,7,18-20H2,1-2H3,(H,33,36)(H,34,37,38). The molecule has 1 heterocycles. The highest BCUT2D eigenvalue weighted by Gasteiger charge is 2.13. The molecule has 0 fully saturated rings. The number of rotatable bonds is 10. The molecule has 2 N–H and O–H groups in total. The smallest absolute Gasteiger partial charge is 0.440 e. The predicted molar refractivity (Wildman–Crippen MR) is 155 cm³/mol. The molecule has 9 heteroatoms. The van der Waals surface area contributed by atoms with Crippen LogP contribution in [-0.2, 0) is 17.9 Å². The number of amides is 1. The van der Waals surface area contributed by atoms with Gasteiger partial charge in [0.2, 0.25) is 0 Å². The summed E-state index contributed by atoms with van der Waals surface area (Å²) in [6.45, 7) is 3.09. The summed E-state index contributed by atoms with van der Waals surface area (Å²) in [7, 11) is 1.65. The Hall–Kier alpha value is -5.05. The minimum absolute atomic E-state index is 0.0903. The molecule has 0 saturated heterocycles. The van der Waals surface area contributed by atoms with Crippen LogP contribution in [0, 0.1) is 12.8 Å². The second-order valence-electron chi connectivity index (χ2n) is 9.88. The number of nitrogens with zero attached hydrogens (tertiary/aromatic N) is 1. The first-order chi connectivity index (χ1) is 19.9. The average Bonchev–Trinajstić information content (AvgIpc) is 3.31. The molecule has 1 aromatic heterocycles. The monoisotopic (exact) mass is 553 g/mol. The summed E-state index contributed by atoms with van der Waals surface area (Å²) >= 11 is 0. The SMILES string of the molecule is COC1=CCC(CNC(=O)c2ccc(-c3cccc(COc4ccc(Cn5oc(=O)[nH]c5=O)cc4)c3)c(C)c2)C=C1. The van der Waals surface area contributed by atoms with E-state index in [0.29, 0.717) is 24.5 Å². The molecule has 1 unspecified atom stereocenters. The van der Waals surface area contributed by atoms with E-state index in [0.717, 1.165) is 44.7 Å². The van der Waals surface area contributed by atoms with E-state index >= 15 is 0 Å². The molecule has 9 nitrogen and oxygen atoms in total. The number of nitrogens with one attached hydrogen (secondary N) is 2. The van der Waals surface area contributed by atoms with Gasteiger partial charge in [0.05, 0.1) is 13.7 Å². The van der Waals surface area contributed by atoms with Crippen LogP contribution >= 0.6 is 0 Å². The Labute approximate surface area is 236 Å².